The van der Waals surface area contributed by atoms with Gasteiger partial charge in [-0.15, -0.1) is 0 Å². The van der Waals surface area contributed by atoms with Gasteiger partial charge in [-0.1, -0.05) is 0 Å². The van der Waals surface area contributed by atoms with Crippen molar-refractivity contribution in [3.8, 4) is 11.5 Å². The van der Waals surface area contributed by atoms with Crippen molar-refractivity contribution < 1.29 is 19.0 Å². The molecule has 5 rings (SSSR count). The number of nitrogens with two attached hydrogens (primary N) is 1. The average molecular weight is 495 g/mol. The van der Waals surface area contributed by atoms with Crippen molar-refractivity contribution in [2.75, 3.05) is 57.6 Å². The van der Waals surface area contributed by atoms with E-state index < -0.39 is 5.91 Å². The Morgan fingerprint density at radius 1 is 1.31 bits per heavy atom. The Bertz CT molecular complexity index is 1320. The minimum Gasteiger partial charge on any atom is -0.491 e. The van der Waals surface area contributed by atoms with E-state index in [1.807, 2.05) is 16.7 Å². The molecule has 1 saturated heterocycles. The lowest BCUT2D eigenvalue weighted by Crippen LogP contribution is -2.41. The van der Waals surface area contributed by atoms with Crippen LogP contribution in [0.15, 0.2) is 29.5 Å². The summed E-state index contributed by atoms with van der Waals surface area (Å²) in [6, 6.07) is 3.85. The van der Waals surface area contributed by atoms with Gasteiger partial charge >= 0.3 is 0 Å². The fourth-order valence-electron chi connectivity index (χ4n) is 4.51. The zero-order chi connectivity index (χ0) is 25.1. The van der Waals surface area contributed by atoms with Gasteiger partial charge in [0.15, 0.2) is 11.5 Å². The van der Waals surface area contributed by atoms with Crippen molar-refractivity contribution in [1.82, 2.24) is 24.4 Å². The predicted octanol–water partition coefficient (Wildman–Crippen LogP) is 1.07. The number of nitrogens with one attached hydrogen (secondary N) is 1. The molecule has 12 heteroatoms. The molecule has 3 N–H and O–H groups in total. The number of anilines is 2. The Labute approximate surface area is 208 Å². The molecule has 0 bridgehead atoms. The van der Waals surface area contributed by atoms with Crippen molar-refractivity contribution in [3.63, 3.8) is 0 Å². The number of nitrogens with zero attached hydrogens (tertiary/aromatic N) is 6. The second kappa shape index (κ2) is 10.5. The Kier molecular flexibility index (Phi) is 6.96. The number of hydrogen-bond donors (Lipinski definition) is 2. The fourth-order valence-corrected chi connectivity index (χ4v) is 4.51. The van der Waals surface area contributed by atoms with E-state index in [-0.39, 0.29) is 23.2 Å². The second-order valence-corrected chi connectivity index (χ2v) is 8.76. The van der Waals surface area contributed by atoms with Gasteiger partial charge in [0.05, 0.1) is 32.0 Å². The third-order valence-corrected chi connectivity index (χ3v) is 6.23. The van der Waals surface area contributed by atoms with Crippen LogP contribution in [0.2, 0.25) is 0 Å². The van der Waals surface area contributed by atoms with Crippen molar-refractivity contribution in [2.45, 2.75) is 26.0 Å². The van der Waals surface area contributed by atoms with Crippen molar-refractivity contribution >= 4 is 28.6 Å². The summed E-state index contributed by atoms with van der Waals surface area (Å²) in [5.41, 5.74) is 6.59. The molecule has 3 aromatic rings. The topological polar surface area (TPSA) is 142 Å². The quantitative estimate of drug-likeness (QED) is 0.458. The van der Waals surface area contributed by atoms with Crippen LogP contribution in [0.1, 0.15) is 23.7 Å². The number of ether oxygens (including phenoxy) is 3. The number of carbonyl (C=O) groups excluding carboxylic acids is 1. The van der Waals surface area contributed by atoms with Crippen LogP contribution < -0.4 is 26.1 Å². The van der Waals surface area contributed by atoms with Gasteiger partial charge in [-0.2, -0.15) is 4.99 Å². The molecule has 12 nitrogen and oxygen atoms in total. The van der Waals surface area contributed by atoms with Crippen molar-refractivity contribution in [1.29, 1.82) is 0 Å². The van der Waals surface area contributed by atoms with Crippen LogP contribution in [-0.4, -0.2) is 82.9 Å². The SMILES string of the molecule is COc1c(OCCCN2CCO[C@H](C)C2)ccc2c3n(c(=NC(=O)c4cnc(N)nc4)nc12)CCN3. The summed E-state index contributed by atoms with van der Waals surface area (Å²) >= 11 is 0. The fraction of sp³-hybridized carbons (Fsp3) is 0.458. The van der Waals surface area contributed by atoms with Crippen molar-refractivity contribution in [2.24, 2.45) is 4.99 Å². The van der Waals surface area contributed by atoms with Crippen LogP contribution >= 0.6 is 0 Å². The lowest BCUT2D eigenvalue weighted by atomic mass is 10.2. The number of fused-ring (bicyclic) bond motifs is 3. The number of nitrogen functional groups attached to an aromatic ring is 1. The molecular formula is C24H30N8O4. The highest BCUT2D eigenvalue weighted by Gasteiger charge is 2.21. The Morgan fingerprint density at radius 2 is 2.14 bits per heavy atom. The largest absolute Gasteiger partial charge is 0.491 e. The summed E-state index contributed by atoms with van der Waals surface area (Å²) < 4.78 is 19.3. The van der Waals surface area contributed by atoms with Crippen LogP contribution in [0.4, 0.5) is 11.8 Å². The smallest absolute Gasteiger partial charge is 0.283 e. The summed E-state index contributed by atoms with van der Waals surface area (Å²) in [7, 11) is 1.58. The molecule has 2 aliphatic rings. The number of morpholine rings is 1. The van der Waals surface area contributed by atoms with Crippen LogP contribution in [-0.2, 0) is 11.3 Å². The van der Waals surface area contributed by atoms with E-state index in [0.717, 1.165) is 43.9 Å². The van der Waals surface area contributed by atoms with Gasteiger partial charge in [0.2, 0.25) is 11.6 Å². The van der Waals surface area contributed by atoms with Crippen LogP contribution in [0.3, 0.4) is 0 Å². The minimum atomic E-state index is -0.507. The third-order valence-electron chi connectivity index (χ3n) is 6.23. The van der Waals surface area contributed by atoms with E-state index in [1.54, 1.807) is 7.11 Å². The van der Waals surface area contributed by atoms with Gasteiger partial charge in [-0.05, 0) is 25.5 Å². The summed E-state index contributed by atoms with van der Waals surface area (Å²) in [6.45, 7) is 7.55. The molecule has 1 fully saturated rings. The van der Waals surface area contributed by atoms with Gasteiger partial charge in [-0.3, -0.25) is 14.3 Å². The number of rotatable bonds is 7. The molecule has 36 heavy (non-hydrogen) atoms. The van der Waals surface area contributed by atoms with Gasteiger partial charge in [0, 0.05) is 50.5 Å². The Balaban J connectivity index is 1.42. The van der Waals surface area contributed by atoms with E-state index in [2.05, 4.69) is 32.1 Å². The highest BCUT2D eigenvalue weighted by atomic mass is 16.5. The highest BCUT2D eigenvalue weighted by molar-refractivity contribution is 5.96. The maximum Gasteiger partial charge on any atom is 0.283 e. The van der Waals surface area contributed by atoms with Crippen molar-refractivity contribution in [3.05, 3.63) is 35.7 Å². The first-order chi connectivity index (χ1) is 17.5. The van der Waals surface area contributed by atoms with Gasteiger partial charge in [0.1, 0.15) is 11.3 Å². The first-order valence-electron chi connectivity index (χ1n) is 12.0. The first kappa shape index (κ1) is 23.9. The van der Waals surface area contributed by atoms with E-state index in [1.165, 1.54) is 12.4 Å². The average Bonchev–Trinajstić information content (AvgIpc) is 3.37. The summed E-state index contributed by atoms with van der Waals surface area (Å²) in [5, 5.41) is 4.23. The molecule has 0 unspecified atom stereocenters. The van der Waals surface area contributed by atoms with E-state index >= 15 is 0 Å². The highest BCUT2D eigenvalue weighted by Crippen LogP contribution is 2.37. The lowest BCUT2D eigenvalue weighted by molar-refractivity contribution is -0.0193. The molecule has 1 atom stereocenters. The molecule has 0 aliphatic carbocycles. The van der Waals surface area contributed by atoms with E-state index in [4.69, 9.17) is 24.9 Å². The normalized spacial score (nSPS) is 18.2. The third kappa shape index (κ3) is 4.95. The Hall–Kier alpha value is -3.77. The Morgan fingerprint density at radius 3 is 2.92 bits per heavy atom. The lowest BCUT2D eigenvalue weighted by Gasteiger charge is -2.30. The van der Waals surface area contributed by atoms with Crippen LogP contribution in [0, 0.1) is 0 Å². The zero-order valence-corrected chi connectivity index (χ0v) is 20.4. The molecular weight excluding hydrogens is 464 g/mol. The maximum atomic E-state index is 12.8. The van der Waals surface area contributed by atoms with E-state index in [0.29, 0.717) is 36.7 Å². The predicted molar refractivity (Wildman–Crippen MR) is 133 cm³/mol. The molecule has 2 aromatic heterocycles. The summed E-state index contributed by atoms with van der Waals surface area (Å²) in [5.74, 6) is 1.51. The summed E-state index contributed by atoms with van der Waals surface area (Å²) in [6.07, 6.45) is 3.84. The standard InChI is InChI=1S/C24H30N8O4/c1-15-14-31(9-11-35-15)7-3-10-36-18-5-4-17-19(20(18)34-2)29-24(32-8-6-26-21(17)32)30-22(33)16-12-27-23(25)28-13-16/h4-5,12-13,15,26H,3,6-11,14H2,1-2H3,(H2,25,27,28)/t15-/m1/s1. The number of amides is 1. The number of methoxy groups -OCH3 is 1. The first-order valence-corrected chi connectivity index (χ1v) is 12.0. The van der Waals surface area contributed by atoms with Gasteiger partial charge in [-0.25, -0.2) is 15.0 Å². The number of benzene rings is 1. The maximum absolute atomic E-state index is 12.8. The summed E-state index contributed by atoms with van der Waals surface area (Å²) in [4.78, 5) is 31.9. The molecule has 0 spiro atoms. The molecule has 190 valence electrons. The van der Waals surface area contributed by atoms with Crippen LogP contribution in [0.5, 0.6) is 11.5 Å². The zero-order valence-electron chi connectivity index (χ0n) is 20.4. The minimum absolute atomic E-state index is 0.0895. The van der Waals surface area contributed by atoms with Crippen LogP contribution in [0.25, 0.3) is 10.9 Å². The molecule has 2 aliphatic heterocycles. The number of aromatic nitrogens is 4. The van der Waals surface area contributed by atoms with Gasteiger partial charge in [0.25, 0.3) is 5.91 Å². The molecule has 0 radical (unpaired) electrons. The second-order valence-electron chi connectivity index (χ2n) is 8.76. The number of carbonyl (C=O) groups is 1. The van der Waals surface area contributed by atoms with E-state index in [9.17, 15) is 4.79 Å². The molecule has 0 saturated carbocycles. The molecule has 4 heterocycles. The molecule has 1 amide bonds. The molecule has 1 aromatic carbocycles. The monoisotopic (exact) mass is 494 g/mol. The van der Waals surface area contributed by atoms with Gasteiger partial charge < -0.3 is 25.3 Å². The number of hydrogen-bond acceptors (Lipinski definition) is 10.